The van der Waals surface area contributed by atoms with Crippen LogP contribution in [0.4, 0.5) is 5.69 Å². The van der Waals surface area contributed by atoms with E-state index in [1.807, 2.05) is 0 Å². The minimum absolute atomic E-state index is 0. The Labute approximate surface area is 192 Å². The molecule has 8 heteroatoms. The van der Waals surface area contributed by atoms with Crippen molar-refractivity contribution >= 4 is 48.8 Å². The lowest BCUT2D eigenvalue weighted by Crippen LogP contribution is -2.45. The number of nitrogen functional groups attached to an aromatic ring is 1. The number of nitrogens with two attached hydrogens (primary N) is 1. The van der Waals surface area contributed by atoms with Gasteiger partial charge < -0.3 is 16.0 Å². The Morgan fingerprint density at radius 3 is 2.10 bits per heavy atom. The zero-order valence-corrected chi connectivity index (χ0v) is 19.1. The van der Waals surface area contributed by atoms with Gasteiger partial charge in [0.05, 0.1) is 0 Å². The van der Waals surface area contributed by atoms with Crippen LogP contribution in [-0.2, 0) is 13.1 Å². The number of amides is 1. The number of carbonyl (C=O) groups excluding carboxylic acids is 1. The van der Waals surface area contributed by atoms with Crippen LogP contribution in [0.3, 0.4) is 0 Å². The minimum atomic E-state index is -0.102. The SMILES string of the molecule is CCN1CCN(Cc2ccc(CNC(=O)c3cccc(N)c3)cc2)CC1.Cl.Cl.Cl. The fourth-order valence-corrected chi connectivity index (χ4v) is 3.25. The molecule has 2 aromatic carbocycles. The van der Waals surface area contributed by atoms with Gasteiger partial charge in [0.2, 0.25) is 0 Å². The summed E-state index contributed by atoms with van der Waals surface area (Å²) < 4.78 is 0. The van der Waals surface area contributed by atoms with E-state index in [2.05, 4.69) is 46.3 Å². The first-order chi connectivity index (χ1) is 12.6. The van der Waals surface area contributed by atoms with Crippen molar-refractivity contribution in [3.8, 4) is 0 Å². The largest absolute Gasteiger partial charge is 0.399 e. The predicted octanol–water partition coefficient (Wildman–Crippen LogP) is 3.60. The lowest BCUT2D eigenvalue weighted by Gasteiger charge is -2.34. The van der Waals surface area contributed by atoms with Crippen LogP contribution in [-0.4, -0.2) is 48.4 Å². The first-order valence-electron chi connectivity index (χ1n) is 9.30. The Morgan fingerprint density at radius 1 is 0.931 bits per heavy atom. The van der Waals surface area contributed by atoms with Crippen LogP contribution in [0.1, 0.15) is 28.4 Å². The van der Waals surface area contributed by atoms with Crippen LogP contribution in [0.5, 0.6) is 0 Å². The number of nitrogens with one attached hydrogen (secondary N) is 1. The molecule has 29 heavy (non-hydrogen) atoms. The highest BCUT2D eigenvalue weighted by molar-refractivity contribution is 5.94. The molecule has 0 aromatic heterocycles. The molecule has 1 amide bonds. The number of hydrogen-bond donors (Lipinski definition) is 2. The van der Waals surface area contributed by atoms with Gasteiger partial charge in [-0.05, 0) is 35.9 Å². The molecule has 0 aliphatic carbocycles. The average molecular weight is 462 g/mol. The highest BCUT2D eigenvalue weighted by Crippen LogP contribution is 2.11. The molecule has 0 saturated carbocycles. The normalized spacial score (nSPS) is 14.1. The summed E-state index contributed by atoms with van der Waals surface area (Å²) in [6.45, 7) is 9.45. The van der Waals surface area contributed by atoms with Gasteiger partial charge in [-0.25, -0.2) is 0 Å². The predicted molar refractivity (Wildman–Crippen MR) is 128 cm³/mol. The van der Waals surface area contributed by atoms with Crippen LogP contribution < -0.4 is 11.1 Å². The van der Waals surface area contributed by atoms with Crippen molar-refractivity contribution in [1.82, 2.24) is 15.1 Å². The maximum absolute atomic E-state index is 12.2. The summed E-state index contributed by atoms with van der Waals surface area (Å²) in [6, 6.07) is 15.5. The smallest absolute Gasteiger partial charge is 0.251 e. The number of nitrogens with zero attached hydrogens (tertiary/aromatic N) is 2. The molecule has 0 spiro atoms. The number of piperazine rings is 1. The topological polar surface area (TPSA) is 61.6 Å². The van der Waals surface area contributed by atoms with Crippen molar-refractivity contribution in [2.24, 2.45) is 0 Å². The van der Waals surface area contributed by atoms with Gasteiger partial charge in [-0.1, -0.05) is 37.3 Å². The summed E-state index contributed by atoms with van der Waals surface area (Å²) >= 11 is 0. The molecule has 1 heterocycles. The molecule has 0 unspecified atom stereocenters. The van der Waals surface area contributed by atoms with Crippen molar-refractivity contribution in [3.05, 3.63) is 65.2 Å². The van der Waals surface area contributed by atoms with Gasteiger partial charge in [0.1, 0.15) is 0 Å². The highest BCUT2D eigenvalue weighted by Gasteiger charge is 2.15. The summed E-state index contributed by atoms with van der Waals surface area (Å²) in [6.07, 6.45) is 0. The third-order valence-electron chi connectivity index (χ3n) is 4.94. The van der Waals surface area contributed by atoms with E-state index in [9.17, 15) is 4.79 Å². The molecule has 3 rings (SSSR count). The number of likely N-dealkylation sites (N-methyl/N-ethyl adjacent to an activating group) is 1. The van der Waals surface area contributed by atoms with Gasteiger partial charge in [-0.15, -0.1) is 37.2 Å². The third-order valence-corrected chi connectivity index (χ3v) is 4.94. The van der Waals surface area contributed by atoms with Crippen LogP contribution in [0.2, 0.25) is 0 Å². The quantitative estimate of drug-likeness (QED) is 0.645. The summed E-state index contributed by atoms with van der Waals surface area (Å²) in [4.78, 5) is 17.2. The number of anilines is 1. The number of carbonyl (C=O) groups is 1. The number of benzene rings is 2. The lowest BCUT2D eigenvalue weighted by molar-refractivity contribution is 0.0951. The minimum Gasteiger partial charge on any atom is -0.399 e. The zero-order valence-electron chi connectivity index (χ0n) is 16.7. The standard InChI is InChI=1S/C21H28N4O.3ClH/c1-2-24-10-12-25(13-11-24)16-18-8-6-17(7-9-18)15-23-21(26)19-4-3-5-20(22)14-19;;;/h3-9,14H,2,10-13,15-16,22H2,1H3,(H,23,26);3*1H. The molecule has 0 bridgehead atoms. The molecule has 3 N–H and O–H groups in total. The molecule has 5 nitrogen and oxygen atoms in total. The van der Waals surface area contributed by atoms with Gasteiger partial charge in [0.15, 0.2) is 0 Å². The molecule has 0 radical (unpaired) electrons. The van der Waals surface area contributed by atoms with Crippen LogP contribution in [0, 0.1) is 0 Å². The van der Waals surface area contributed by atoms with E-state index < -0.39 is 0 Å². The fraction of sp³-hybridized carbons (Fsp3) is 0.381. The van der Waals surface area contributed by atoms with E-state index in [0.717, 1.165) is 44.8 Å². The summed E-state index contributed by atoms with van der Waals surface area (Å²) in [5.74, 6) is -0.102. The van der Waals surface area contributed by atoms with Gasteiger partial charge in [-0.3, -0.25) is 9.69 Å². The van der Waals surface area contributed by atoms with Gasteiger partial charge >= 0.3 is 0 Å². The second kappa shape index (κ2) is 13.7. The first-order valence-corrected chi connectivity index (χ1v) is 9.30. The molecule has 1 fully saturated rings. The molecular weight excluding hydrogens is 431 g/mol. The van der Waals surface area contributed by atoms with E-state index in [-0.39, 0.29) is 43.1 Å². The first kappa shape index (κ1) is 27.5. The van der Waals surface area contributed by atoms with Crippen LogP contribution >= 0.6 is 37.2 Å². The van der Waals surface area contributed by atoms with E-state index in [4.69, 9.17) is 5.73 Å². The Hall–Kier alpha value is -1.50. The number of hydrogen-bond acceptors (Lipinski definition) is 4. The third kappa shape index (κ3) is 8.41. The van der Waals surface area contributed by atoms with Gasteiger partial charge in [-0.2, -0.15) is 0 Å². The van der Waals surface area contributed by atoms with Crippen molar-refractivity contribution in [3.63, 3.8) is 0 Å². The molecule has 1 aliphatic rings. The number of halogens is 3. The van der Waals surface area contributed by atoms with E-state index in [0.29, 0.717) is 17.8 Å². The zero-order chi connectivity index (χ0) is 18.4. The fourth-order valence-electron chi connectivity index (χ4n) is 3.25. The average Bonchev–Trinajstić information content (AvgIpc) is 2.68. The maximum atomic E-state index is 12.2. The van der Waals surface area contributed by atoms with E-state index >= 15 is 0 Å². The van der Waals surface area contributed by atoms with Gasteiger partial charge in [0, 0.05) is 50.5 Å². The monoisotopic (exact) mass is 460 g/mol. The molecule has 162 valence electrons. The molecule has 0 atom stereocenters. The Bertz CT molecular complexity index is 735. The molecular formula is C21H31Cl3N4O. The van der Waals surface area contributed by atoms with Crippen molar-refractivity contribution in [2.75, 3.05) is 38.5 Å². The number of rotatable bonds is 6. The summed E-state index contributed by atoms with van der Waals surface area (Å²) in [7, 11) is 0. The maximum Gasteiger partial charge on any atom is 0.251 e. The van der Waals surface area contributed by atoms with E-state index in [1.165, 1.54) is 5.56 Å². The summed E-state index contributed by atoms with van der Waals surface area (Å²) in [5.41, 5.74) is 9.33. The van der Waals surface area contributed by atoms with Crippen molar-refractivity contribution < 1.29 is 4.79 Å². The van der Waals surface area contributed by atoms with Crippen molar-refractivity contribution in [2.45, 2.75) is 20.0 Å². The Morgan fingerprint density at radius 2 is 1.52 bits per heavy atom. The molecule has 1 aliphatic heterocycles. The van der Waals surface area contributed by atoms with Gasteiger partial charge in [0.25, 0.3) is 5.91 Å². The molecule has 2 aromatic rings. The Balaban J connectivity index is 0.00000261. The summed E-state index contributed by atoms with van der Waals surface area (Å²) in [5, 5.41) is 2.94. The second-order valence-corrected chi connectivity index (χ2v) is 6.84. The lowest BCUT2D eigenvalue weighted by atomic mass is 10.1. The van der Waals surface area contributed by atoms with E-state index in [1.54, 1.807) is 24.3 Å². The highest BCUT2D eigenvalue weighted by atomic mass is 35.5. The van der Waals surface area contributed by atoms with Crippen LogP contribution in [0.15, 0.2) is 48.5 Å². The second-order valence-electron chi connectivity index (χ2n) is 6.84. The molecule has 1 saturated heterocycles. The van der Waals surface area contributed by atoms with Crippen molar-refractivity contribution in [1.29, 1.82) is 0 Å². The Kier molecular flexibility index (Phi) is 13.0. The van der Waals surface area contributed by atoms with Crippen LogP contribution in [0.25, 0.3) is 0 Å².